The highest BCUT2D eigenvalue weighted by Crippen LogP contribution is 2.39. The smallest absolute Gasteiger partial charge is 0.308 e. The Kier molecular flexibility index (Phi) is 3.93. The second kappa shape index (κ2) is 4.78. The van der Waals surface area contributed by atoms with Gasteiger partial charge >= 0.3 is 5.97 Å². The first-order valence-corrected chi connectivity index (χ1v) is 5.33. The van der Waals surface area contributed by atoms with Crippen molar-refractivity contribution < 1.29 is 14.6 Å². The van der Waals surface area contributed by atoms with Crippen molar-refractivity contribution in [1.29, 1.82) is 0 Å². The number of ether oxygens (including phenoxy) is 1. The van der Waals surface area contributed by atoms with Crippen LogP contribution in [0.15, 0.2) is 0 Å². The lowest BCUT2D eigenvalue weighted by molar-refractivity contribution is -0.145. The lowest BCUT2D eigenvalue weighted by Gasteiger charge is -2.37. The molecule has 0 bridgehead atoms. The molecule has 0 aliphatic heterocycles. The number of methoxy groups -OCH3 is 1. The van der Waals surface area contributed by atoms with Gasteiger partial charge in [-0.2, -0.15) is 0 Å². The highest BCUT2D eigenvalue weighted by Gasteiger charge is 2.35. The van der Waals surface area contributed by atoms with Gasteiger partial charge in [-0.3, -0.25) is 4.79 Å². The van der Waals surface area contributed by atoms with Crippen molar-refractivity contribution in [2.75, 3.05) is 7.11 Å². The molecule has 0 saturated heterocycles. The van der Waals surface area contributed by atoms with E-state index in [9.17, 15) is 9.90 Å². The zero-order valence-electron chi connectivity index (χ0n) is 9.08. The fraction of sp³-hybridized carbons (Fsp3) is 0.909. The molecule has 0 amide bonds. The van der Waals surface area contributed by atoms with Gasteiger partial charge in [0, 0.05) is 0 Å². The first kappa shape index (κ1) is 11.5. The third-order valence-electron chi connectivity index (χ3n) is 3.39. The Balaban J connectivity index is 2.48. The minimum absolute atomic E-state index is 0.0769. The highest BCUT2D eigenvalue weighted by atomic mass is 16.5. The fourth-order valence-electron chi connectivity index (χ4n) is 2.18. The zero-order chi connectivity index (χ0) is 10.6. The topological polar surface area (TPSA) is 46.5 Å². The molecule has 1 fully saturated rings. The van der Waals surface area contributed by atoms with Crippen molar-refractivity contribution >= 4 is 5.97 Å². The van der Waals surface area contributed by atoms with E-state index in [0.717, 1.165) is 25.7 Å². The third-order valence-corrected chi connectivity index (χ3v) is 3.39. The highest BCUT2D eigenvalue weighted by molar-refractivity contribution is 5.69. The maximum absolute atomic E-state index is 11.0. The van der Waals surface area contributed by atoms with Crippen LogP contribution in [-0.2, 0) is 9.53 Å². The van der Waals surface area contributed by atoms with E-state index >= 15 is 0 Å². The van der Waals surface area contributed by atoms with Crippen LogP contribution in [-0.4, -0.2) is 24.3 Å². The fourth-order valence-corrected chi connectivity index (χ4v) is 2.18. The number of aliphatic hydroxyl groups excluding tert-OH is 1. The van der Waals surface area contributed by atoms with Gasteiger partial charge < -0.3 is 9.84 Å². The Bertz CT molecular complexity index is 195. The summed E-state index contributed by atoms with van der Waals surface area (Å²) in [6.45, 7) is 2.07. The number of rotatable bonds is 3. The van der Waals surface area contributed by atoms with Gasteiger partial charge in [0.15, 0.2) is 0 Å². The maximum atomic E-state index is 11.0. The summed E-state index contributed by atoms with van der Waals surface area (Å²) in [5, 5.41) is 9.93. The van der Waals surface area contributed by atoms with Crippen molar-refractivity contribution in [2.24, 2.45) is 5.41 Å². The standard InChI is InChI=1S/C11H20O3/c1-11(6-4-3-5-7-11)9(12)8-10(13)14-2/h9,12H,3-8H2,1-2H3/t9-/m1/s1. The minimum atomic E-state index is -0.546. The lowest BCUT2D eigenvalue weighted by Crippen LogP contribution is -2.36. The zero-order valence-corrected chi connectivity index (χ0v) is 9.08. The summed E-state index contributed by atoms with van der Waals surface area (Å²) >= 11 is 0. The predicted molar refractivity (Wildman–Crippen MR) is 53.8 cm³/mol. The molecule has 1 N–H and O–H groups in total. The number of hydrogen-bond acceptors (Lipinski definition) is 3. The summed E-state index contributed by atoms with van der Waals surface area (Å²) in [6.07, 6.45) is 5.20. The first-order chi connectivity index (χ1) is 6.58. The van der Waals surface area contributed by atoms with Gasteiger partial charge in [0.05, 0.1) is 19.6 Å². The minimum Gasteiger partial charge on any atom is -0.469 e. The molecule has 3 nitrogen and oxygen atoms in total. The van der Waals surface area contributed by atoms with Crippen LogP contribution in [0.4, 0.5) is 0 Å². The van der Waals surface area contributed by atoms with Crippen LogP contribution in [0.25, 0.3) is 0 Å². The second-order valence-corrected chi connectivity index (χ2v) is 4.51. The molecule has 0 aromatic heterocycles. The molecule has 0 unspecified atom stereocenters. The van der Waals surface area contributed by atoms with Crippen LogP contribution < -0.4 is 0 Å². The van der Waals surface area contributed by atoms with E-state index < -0.39 is 6.10 Å². The predicted octanol–water partition coefficient (Wildman–Crippen LogP) is 1.88. The molecular formula is C11H20O3. The van der Waals surface area contributed by atoms with Gasteiger partial charge in [0.2, 0.25) is 0 Å². The van der Waals surface area contributed by atoms with Crippen molar-refractivity contribution in [2.45, 2.75) is 51.6 Å². The third kappa shape index (κ3) is 2.71. The van der Waals surface area contributed by atoms with Crippen LogP contribution in [0.1, 0.15) is 45.4 Å². The van der Waals surface area contributed by atoms with Gasteiger partial charge in [-0.05, 0) is 18.3 Å². The molecule has 82 valence electrons. The van der Waals surface area contributed by atoms with E-state index in [1.54, 1.807) is 0 Å². The molecule has 1 aliphatic carbocycles. The Morgan fingerprint density at radius 2 is 2.00 bits per heavy atom. The van der Waals surface area contributed by atoms with Crippen LogP contribution >= 0.6 is 0 Å². The quantitative estimate of drug-likeness (QED) is 0.707. The molecule has 1 atom stereocenters. The Labute approximate surface area is 85.5 Å². The van der Waals surface area contributed by atoms with Gasteiger partial charge in [-0.1, -0.05) is 26.2 Å². The monoisotopic (exact) mass is 200 g/mol. The van der Waals surface area contributed by atoms with Crippen LogP contribution in [0.2, 0.25) is 0 Å². The molecule has 1 saturated carbocycles. The van der Waals surface area contributed by atoms with E-state index in [2.05, 4.69) is 11.7 Å². The molecule has 0 aromatic rings. The molecule has 14 heavy (non-hydrogen) atoms. The lowest BCUT2D eigenvalue weighted by atomic mass is 9.71. The second-order valence-electron chi connectivity index (χ2n) is 4.51. The maximum Gasteiger partial charge on any atom is 0.308 e. The first-order valence-electron chi connectivity index (χ1n) is 5.33. The summed E-state index contributed by atoms with van der Waals surface area (Å²) in [6, 6.07) is 0. The van der Waals surface area contributed by atoms with Crippen LogP contribution in [0.5, 0.6) is 0 Å². The SMILES string of the molecule is COC(=O)C[C@@H](O)C1(C)CCCCC1. The van der Waals surface area contributed by atoms with Gasteiger partial charge in [-0.15, -0.1) is 0 Å². The summed E-state index contributed by atoms with van der Waals surface area (Å²) in [5.41, 5.74) is -0.0769. The number of carbonyl (C=O) groups excluding carboxylic acids is 1. The normalized spacial score (nSPS) is 22.8. The molecule has 0 heterocycles. The molecule has 0 aromatic carbocycles. The van der Waals surface area contributed by atoms with Crippen molar-refractivity contribution in [3.05, 3.63) is 0 Å². The average molecular weight is 200 g/mol. The number of esters is 1. The van der Waals surface area contributed by atoms with Crippen LogP contribution in [0, 0.1) is 5.41 Å². The molecule has 0 radical (unpaired) electrons. The van der Waals surface area contributed by atoms with E-state index in [1.165, 1.54) is 13.5 Å². The van der Waals surface area contributed by atoms with Gasteiger partial charge in [0.25, 0.3) is 0 Å². The van der Waals surface area contributed by atoms with E-state index in [-0.39, 0.29) is 17.8 Å². The Hall–Kier alpha value is -0.570. The number of carbonyl (C=O) groups is 1. The van der Waals surface area contributed by atoms with Crippen LogP contribution in [0.3, 0.4) is 0 Å². The molecule has 1 rings (SSSR count). The van der Waals surface area contributed by atoms with Crippen molar-refractivity contribution in [1.82, 2.24) is 0 Å². The van der Waals surface area contributed by atoms with Crippen molar-refractivity contribution in [3.8, 4) is 0 Å². The summed E-state index contributed by atoms with van der Waals surface area (Å²) in [4.78, 5) is 11.0. The van der Waals surface area contributed by atoms with Gasteiger partial charge in [-0.25, -0.2) is 0 Å². The molecule has 1 aliphatic rings. The Morgan fingerprint density at radius 1 is 1.43 bits per heavy atom. The molecule has 0 spiro atoms. The summed E-state index contributed by atoms with van der Waals surface area (Å²) in [5.74, 6) is -0.315. The summed E-state index contributed by atoms with van der Waals surface area (Å²) in [7, 11) is 1.36. The van der Waals surface area contributed by atoms with Crippen molar-refractivity contribution in [3.63, 3.8) is 0 Å². The van der Waals surface area contributed by atoms with E-state index in [0.29, 0.717) is 0 Å². The largest absolute Gasteiger partial charge is 0.469 e. The van der Waals surface area contributed by atoms with Gasteiger partial charge in [0.1, 0.15) is 0 Å². The number of hydrogen-bond donors (Lipinski definition) is 1. The molecular weight excluding hydrogens is 180 g/mol. The van der Waals surface area contributed by atoms with E-state index in [4.69, 9.17) is 0 Å². The van der Waals surface area contributed by atoms with E-state index in [1.807, 2.05) is 0 Å². The average Bonchev–Trinajstić information content (AvgIpc) is 2.18. The summed E-state index contributed by atoms with van der Waals surface area (Å²) < 4.78 is 4.56. The molecule has 3 heteroatoms. The Morgan fingerprint density at radius 3 is 2.50 bits per heavy atom. The number of aliphatic hydroxyl groups is 1.